The summed E-state index contributed by atoms with van der Waals surface area (Å²) in [7, 11) is 0. The molecule has 3 N–H and O–H groups in total. The molecule has 6 heteroatoms. The lowest BCUT2D eigenvalue weighted by Crippen LogP contribution is -2.34. The molecule has 0 unspecified atom stereocenters. The normalized spacial score (nSPS) is 11.2. The summed E-state index contributed by atoms with van der Waals surface area (Å²) in [5, 5.41) is 17.1. The summed E-state index contributed by atoms with van der Waals surface area (Å²) in [6, 6.07) is 10.7. The second-order valence-corrected chi connectivity index (χ2v) is 6.72. The van der Waals surface area contributed by atoms with Crippen LogP contribution in [0.25, 0.3) is 10.8 Å². The van der Waals surface area contributed by atoms with Crippen LogP contribution in [0.2, 0.25) is 0 Å². The van der Waals surface area contributed by atoms with Crippen LogP contribution in [-0.2, 0) is 4.74 Å². The molecule has 2 aromatic carbocycles. The summed E-state index contributed by atoms with van der Waals surface area (Å²) >= 11 is 0. The van der Waals surface area contributed by atoms with Crippen molar-refractivity contribution >= 4 is 22.8 Å². The van der Waals surface area contributed by atoms with Gasteiger partial charge in [-0.05, 0) is 38.6 Å². The van der Waals surface area contributed by atoms with Gasteiger partial charge in [-0.3, -0.25) is 4.79 Å². The predicted molar refractivity (Wildman–Crippen MR) is 96.8 cm³/mol. The van der Waals surface area contributed by atoms with Crippen LogP contribution < -0.4 is 10.6 Å². The van der Waals surface area contributed by atoms with Crippen molar-refractivity contribution in [1.29, 1.82) is 0 Å². The predicted octanol–water partition coefficient (Wildman–Crippen LogP) is 3.19. The fraction of sp³-hybridized carbons (Fsp3) is 0.368. The molecule has 134 valence electrons. The first-order valence-corrected chi connectivity index (χ1v) is 8.24. The van der Waals surface area contributed by atoms with Crippen molar-refractivity contribution in [2.45, 2.75) is 32.8 Å². The lowest BCUT2D eigenvalue weighted by molar-refractivity contribution is 0.0527. The highest BCUT2D eigenvalue weighted by molar-refractivity contribution is 6.03. The maximum Gasteiger partial charge on any atom is 0.407 e. The molecule has 0 saturated carbocycles. The molecule has 2 amide bonds. The van der Waals surface area contributed by atoms with E-state index in [1.54, 1.807) is 39.0 Å². The second-order valence-electron chi connectivity index (χ2n) is 6.72. The molecule has 0 aromatic heterocycles. The number of aromatic hydroxyl groups is 1. The van der Waals surface area contributed by atoms with Crippen LogP contribution in [0.15, 0.2) is 36.4 Å². The monoisotopic (exact) mass is 344 g/mol. The van der Waals surface area contributed by atoms with Crippen LogP contribution in [-0.4, -0.2) is 35.8 Å². The summed E-state index contributed by atoms with van der Waals surface area (Å²) in [4.78, 5) is 23.7. The maximum atomic E-state index is 12.2. The highest BCUT2D eigenvalue weighted by Gasteiger charge is 2.16. The van der Waals surface area contributed by atoms with Crippen molar-refractivity contribution in [2.24, 2.45) is 0 Å². The Morgan fingerprint density at radius 3 is 2.44 bits per heavy atom. The summed E-state index contributed by atoms with van der Waals surface area (Å²) in [6.45, 7) is 6.15. The molecule has 0 spiro atoms. The number of phenolic OH excluding ortho intramolecular Hbond substituents is 1. The minimum atomic E-state index is -0.536. The molecular formula is C19H24N2O4. The minimum absolute atomic E-state index is 0.0255. The number of phenols is 1. The molecule has 0 bridgehead atoms. The van der Waals surface area contributed by atoms with Gasteiger partial charge in [0.1, 0.15) is 11.4 Å². The molecule has 6 nitrogen and oxygen atoms in total. The molecule has 25 heavy (non-hydrogen) atoms. The standard InChI is InChI=1S/C19H24N2O4/c1-19(2,3)25-18(24)21-12-6-11-20-17(23)15-10-9-13-7-4-5-8-14(13)16(15)22/h4-5,7-10,22H,6,11-12H2,1-3H3,(H,20,23)(H,21,24). The van der Waals surface area contributed by atoms with Crippen LogP contribution in [0.1, 0.15) is 37.6 Å². The summed E-state index contributed by atoms with van der Waals surface area (Å²) < 4.78 is 5.12. The van der Waals surface area contributed by atoms with Gasteiger partial charge in [-0.25, -0.2) is 4.79 Å². The zero-order valence-corrected chi connectivity index (χ0v) is 14.8. The van der Waals surface area contributed by atoms with Crippen LogP contribution in [0.5, 0.6) is 5.75 Å². The van der Waals surface area contributed by atoms with Gasteiger partial charge in [0.15, 0.2) is 0 Å². The van der Waals surface area contributed by atoms with E-state index in [4.69, 9.17) is 4.74 Å². The van der Waals surface area contributed by atoms with E-state index < -0.39 is 11.7 Å². The number of nitrogens with one attached hydrogen (secondary N) is 2. The van der Waals surface area contributed by atoms with Gasteiger partial charge in [0.2, 0.25) is 0 Å². The van der Waals surface area contributed by atoms with Crippen LogP contribution in [0, 0.1) is 0 Å². The molecule has 0 aliphatic carbocycles. The highest BCUT2D eigenvalue weighted by atomic mass is 16.6. The second kappa shape index (κ2) is 7.88. The molecular weight excluding hydrogens is 320 g/mol. The molecule has 0 heterocycles. The number of carbonyl (C=O) groups is 2. The van der Waals surface area contributed by atoms with Crippen LogP contribution in [0.4, 0.5) is 4.79 Å². The Labute approximate surface area is 147 Å². The average Bonchev–Trinajstić information content (AvgIpc) is 2.53. The third-order valence-corrected chi connectivity index (χ3v) is 3.45. The number of carbonyl (C=O) groups excluding carboxylic acids is 2. The first-order chi connectivity index (χ1) is 11.8. The number of amides is 2. The van der Waals surface area contributed by atoms with E-state index in [9.17, 15) is 14.7 Å². The Bertz CT molecular complexity index is 766. The highest BCUT2D eigenvalue weighted by Crippen LogP contribution is 2.28. The van der Waals surface area contributed by atoms with Gasteiger partial charge < -0.3 is 20.5 Å². The van der Waals surface area contributed by atoms with E-state index in [1.807, 2.05) is 18.2 Å². The Morgan fingerprint density at radius 1 is 1.04 bits per heavy atom. The van der Waals surface area contributed by atoms with Gasteiger partial charge in [-0.1, -0.05) is 30.3 Å². The van der Waals surface area contributed by atoms with E-state index in [0.29, 0.717) is 24.9 Å². The van der Waals surface area contributed by atoms with Gasteiger partial charge in [0, 0.05) is 18.5 Å². The first kappa shape index (κ1) is 18.6. The summed E-state index contributed by atoms with van der Waals surface area (Å²) in [5.74, 6) is -0.372. The van der Waals surface area contributed by atoms with Crippen molar-refractivity contribution in [3.8, 4) is 5.75 Å². The van der Waals surface area contributed by atoms with Crippen molar-refractivity contribution in [3.05, 3.63) is 42.0 Å². The Kier molecular flexibility index (Phi) is 5.85. The topological polar surface area (TPSA) is 87.7 Å². The quantitative estimate of drug-likeness (QED) is 0.727. The minimum Gasteiger partial charge on any atom is -0.506 e. The molecule has 0 aliphatic rings. The van der Waals surface area contributed by atoms with Crippen molar-refractivity contribution in [2.75, 3.05) is 13.1 Å². The molecule has 0 aliphatic heterocycles. The number of alkyl carbamates (subject to hydrolysis) is 1. The molecule has 2 aromatic rings. The number of benzene rings is 2. The fourth-order valence-electron chi connectivity index (χ4n) is 2.33. The van der Waals surface area contributed by atoms with E-state index in [-0.39, 0.29) is 17.2 Å². The number of fused-ring (bicyclic) bond motifs is 1. The molecule has 2 rings (SSSR count). The third kappa shape index (κ3) is 5.38. The van der Waals surface area contributed by atoms with Crippen molar-refractivity contribution in [1.82, 2.24) is 10.6 Å². The molecule has 0 atom stereocenters. The largest absolute Gasteiger partial charge is 0.506 e. The Morgan fingerprint density at radius 2 is 1.72 bits per heavy atom. The van der Waals surface area contributed by atoms with E-state index >= 15 is 0 Å². The zero-order chi connectivity index (χ0) is 18.4. The van der Waals surface area contributed by atoms with Crippen LogP contribution >= 0.6 is 0 Å². The van der Waals surface area contributed by atoms with E-state index in [0.717, 1.165) is 5.39 Å². The van der Waals surface area contributed by atoms with Gasteiger partial charge >= 0.3 is 6.09 Å². The number of rotatable bonds is 5. The Balaban J connectivity index is 1.81. The lowest BCUT2D eigenvalue weighted by Gasteiger charge is -2.19. The third-order valence-electron chi connectivity index (χ3n) is 3.45. The molecule has 0 radical (unpaired) electrons. The first-order valence-electron chi connectivity index (χ1n) is 8.24. The molecule has 0 saturated heterocycles. The average molecular weight is 344 g/mol. The van der Waals surface area contributed by atoms with E-state index in [1.165, 1.54) is 0 Å². The maximum absolute atomic E-state index is 12.2. The zero-order valence-electron chi connectivity index (χ0n) is 14.8. The van der Waals surface area contributed by atoms with E-state index in [2.05, 4.69) is 10.6 Å². The van der Waals surface area contributed by atoms with Gasteiger partial charge in [-0.15, -0.1) is 0 Å². The Hall–Kier alpha value is -2.76. The number of hydrogen-bond acceptors (Lipinski definition) is 4. The van der Waals surface area contributed by atoms with Crippen molar-refractivity contribution < 1.29 is 19.4 Å². The fourth-order valence-corrected chi connectivity index (χ4v) is 2.33. The number of ether oxygens (including phenoxy) is 1. The number of hydrogen-bond donors (Lipinski definition) is 3. The van der Waals surface area contributed by atoms with Gasteiger partial charge in [0.25, 0.3) is 5.91 Å². The summed E-state index contributed by atoms with van der Waals surface area (Å²) in [6.07, 6.45) is 0.0743. The van der Waals surface area contributed by atoms with Gasteiger partial charge in [-0.2, -0.15) is 0 Å². The molecule has 0 fully saturated rings. The van der Waals surface area contributed by atoms with Gasteiger partial charge in [0.05, 0.1) is 5.56 Å². The van der Waals surface area contributed by atoms with Crippen LogP contribution in [0.3, 0.4) is 0 Å². The smallest absolute Gasteiger partial charge is 0.407 e. The lowest BCUT2D eigenvalue weighted by atomic mass is 10.0. The SMILES string of the molecule is CC(C)(C)OC(=O)NCCCNC(=O)c1ccc2ccccc2c1O. The van der Waals surface area contributed by atoms with Crippen molar-refractivity contribution in [3.63, 3.8) is 0 Å². The summed E-state index contributed by atoms with van der Waals surface area (Å²) in [5.41, 5.74) is -0.301.